The number of hydrogen-bond acceptors (Lipinski definition) is 4. The summed E-state index contributed by atoms with van der Waals surface area (Å²) in [5.74, 6) is 1.45. The smallest absolute Gasteiger partial charge is 0.251 e. The maximum atomic E-state index is 12.4. The average molecular weight is 503 g/mol. The van der Waals surface area contributed by atoms with Gasteiger partial charge in [0.2, 0.25) is 10.0 Å². The van der Waals surface area contributed by atoms with E-state index in [2.05, 4.69) is 5.32 Å². The molecular formula is C25H27ClN2O3S2. The highest BCUT2D eigenvalue weighted by atomic mass is 35.5. The van der Waals surface area contributed by atoms with Gasteiger partial charge in [0, 0.05) is 28.6 Å². The van der Waals surface area contributed by atoms with Crippen LogP contribution in [0.25, 0.3) is 0 Å². The quantitative estimate of drug-likeness (QED) is 0.383. The molecular weight excluding hydrogens is 476 g/mol. The third-order valence-electron chi connectivity index (χ3n) is 4.98. The van der Waals surface area contributed by atoms with Crippen LogP contribution in [0.5, 0.6) is 0 Å². The minimum atomic E-state index is -3.48. The molecule has 0 aliphatic carbocycles. The number of benzene rings is 3. The summed E-state index contributed by atoms with van der Waals surface area (Å²) in [6.07, 6.45) is 1.18. The molecule has 174 valence electrons. The Hall–Kier alpha value is -2.48. The first-order valence-corrected chi connectivity index (χ1v) is 13.8. The first-order valence-electron chi connectivity index (χ1n) is 10.5. The van der Waals surface area contributed by atoms with Crippen LogP contribution in [0.4, 0.5) is 5.69 Å². The van der Waals surface area contributed by atoms with Gasteiger partial charge < -0.3 is 5.32 Å². The fraction of sp³-hybridized carbons (Fsp3) is 0.240. The van der Waals surface area contributed by atoms with E-state index < -0.39 is 10.0 Å². The summed E-state index contributed by atoms with van der Waals surface area (Å²) in [4.78, 5) is 12.4. The van der Waals surface area contributed by atoms with Gasteiger partial charge in [0.1, 0.15) is 0 Å². The number of halogens is 1. The molecule has 0 atom stereocenters. The predicted molar refractivity (Wildman–Crippen MR) is 139 cm³/mol. The standard InChI is InChI=1S/C25H27ClN2O3S2/c1-19-3-5-20(6-4-19)17-28(33(2,30)31)24-13-9-22(10-14-24)25(29)27-15-16-32-18-21-7-11-23(26)12-8-21/h3-14H,15-18H2,1-2H3,(H,27,29). The minimum absolute atomic E-state index is 0.182. The van der Waals surface area contributed by atoms with E-state index in [0.29, 0.717) is 17.8 Å². The molecule has 0 fully saturated rings. The zero-order chi connectivity index (χ0) is 23.8. The van der Waals surface area contributed by atoms with E-state index >= 15 is 0 Å². The summed E-state index contributed by atoms with van der Waals surface area (Å²) in [6.45, 7) is 2.76. The van der Waals surface area contributed by atoms with Gasteiger partial charge in [-0.05, 0) is 54.4 Å². The van der Waals surface area contributed by atoms with Crippen LogP contribution in [-0.4, -0.2) is 32.9 Å². The molecule has 3 aromatic carbocycles. The summed E-state index contributed by atoms with van der Waals surface area (Å²) < 4.78 is 26.1. The van der Waals surface area contributed by atoms with E-state index in [4.69, 9.17) is 11.6 Å². The molecule has 0 saturated carbocycles. The van der Waals surface area contributed by atoms with Crippen molar-refractivity contribution in [3.8, 4) is 0 Å². The van der Waals surface area contributed by atoms with Crippen LogP contribution in [0, 0.1) is 6.92 Å². The van der Waals surface area contributed by atoms with Crippen molar-refractivity contribution in [2.75, 3.05) is 22.9 Å². The van der Waals surface area contributed by atoms with E-state index in [0.717, 1.165) is 27.7 Å². The monoisotopic (exact) mass is 502 g/mol. The second-order valence-electron chi connectivity index (χ2n) is 7.74. The number of sulfonamides is 1. The molecule has 0 radical (unpaired) electrons. The molecule has 0 aliphatic heterocycles. The van der Waals surface area contributed by atoms with Gasteiger partial charge in [-0.1, -0.05) is 53.6 Å². The summed E-state index contributed by atoms with van der Waals surface area (Å²) in [7, 11) is -3.48. The predicted octanol–water partition coefficient (Wildman–Crippen LogP) is 5.28. The summed E-state index contributed by atoms with van der Waals surface area (Å²) in [5.41, 5.74) is 4.21. The topological polar surface area (TPSA) is 66.5 Å². The number of rotatable bonds is 10. The molecule has 1 N–H and O–H groups in total. The molecule has 0 bridgehead atoms. The Labute approximate surface area is 205 Å². The van der Waals surface area contributed by atoms with Gasteiger partial charge in [0.05, 0.1) is 18.5 Å². The summed E-state index contributed by atoms with van der Waals surface area (Å²) >= 11 is 7.62. The van der Waals surface area contributed by atoms with Crippen molar-refractivity contribution in [3.05, 3.63) is 100 Å². The van der Waals surface area contributed by atoms with Crippen LogP contribution in [0.15, 0.2) is 72.8 Å². The van der Waals surface area contributed by atoms with Crippen LogP contribution in [0.3, 0.4) is 0 Å². The van der Waals surface area contributed by atoms with Crippen LogP contribution >= 0.6 is 23.4 Å². The maximum absolute atomic E-state index is 12.4. The average Bonchev–Trinajstić information content (AvgIpc) is 2.79. The number of anilines is 1. The van der Waals surface area contributed by atoms with Gasteiger partial charge in [0.15, 0.2) is 0 Å². The fourth-order valence-corrected chi connectivity index (χ4v) is 4.98. The lowest BCUT2D eigenvalue weighted by atomic mass is 10.1. The van der Waals surface area contributed by atoms with Gasteiger partial charge in [-0.2, -0.15) is 11.8 Å². The number of amides is 1. The Morgan fingerprint density at radius 1 is 0.939 bits per heavy atom. The van der Waals surface area contributed by atoms with Gasteiger partial charge >= 0.3 is 0 Å². The van der Waals surface area contributed by atoms with Crippen molar-refractivity contribution in [2.45, 2.75) is 19.2 Å². The van der Waals surface area contributed by atoms with Gasteiger partial charge in [0.25, 0.3) is 5.91 Å². The Bertz CT molecular complexity index is 1160. The van der Waals surface area contributed by atoms with Crippen LogP contribution in [0.1, 0.15) is 27.0 Å². The minimum Gasteiger partial charge on any atom is -0.351 e. The Morgan fingerprint density at radius 3 is 2.15 bits per heavy atom. The highest BCUT2D eigenvalue weighted by Gasteiger charge is 2.18. The maximum Gasteiger partial charge on any atom is 0.251 e. The second-order valence-corrected chi connectivity index (χ2v) is 11.2. The Balaban J connectivity index is 1.54. The molecule has 0 aliphatic rings. The van der Waals surface area contributed by atoms with E-state index in [1.807, 2.05) is 55.5 Å². The number of aryl methyl sites for hydroxylation is 1. The lowest BCUT2D eigenvalue weighted by molar-refractivity contribution is 0.0956. The zero-order valence-electron chi connectivity index (χ0n) is 18.6. The van der Waals surface area contributed by atoms with E-state index in [1.165, 1.54) is 16.1 Å². The molecule has 0 aromatic heterocycles. The highest BCUT2D eigenvalue weighted by molar-refractivity contribution is 7.98. The second kappa shape index (κ2) is 11.6. The van der Waals surface area contributed by atoms with E-state index in [-0.39, 0.29) is 12.5 Å². The molecule has 33 heavy (non-hydrogen) atoms. The molecule has 3 aromatic rings. The number of thioether (sulfide) groups is 1. The number of nitrogens with zero attached hydrogens (tertiary/aromatic N) is 1. The molecule has 5 nitrogen and oxygen atoms in total. The van der Waals surface area contributed by atoms with Crippen LogP contribution < -0.4 is 9.62 Å². The summed E-state index contributed by atoms with van der Waals surface area (Å²) in [5, 5.41) is 3.62. The molecule has 0 saturated heterocycles. The van der Waals surface area contributed by atoms with Crippen molar-refractivity contribution >= 4 is 45.0 Å². The first kappa shape index (κ1) is 25.1. The van der Waals surface area contributed by atoms with Crippen LogP contribution in [-0.2, 0) is 22.3 Å². The third-order valence-corrected chi connectivity index (χ3v) is 7.40. The van der Waals surface area contributed by atoms with E-state index in [9.17, 15) is 13.2 Å². The molecule has 8 heteroatoms. The first-order chi connectivity index (χ1) is 15.7. The van der Waals surface area contributed by atoms with Crippen molar-refractivity contribution in [3.63, 3.8) is 0 Å². The summed E-state index contributed by atoms with van der Waals surface area (Å²) in [6, 6.07) is 22.1. The molecule has 0 spiro atoms. The fourth-order valence-electron chi connectivity index (χ4n) is 3.15. The molecule has 0 unspecified atom stereocenters. The Morgan fingerprint density at radius 2 is 1.55 bits per heavy atom. The van der Waals surface area contributed by atoms with Crippen molar-refractivity contribution in [2.24, 2.45) is 0 Å². The number of carbonyl (C=O) groups excluding carboxylic acids is 1. The van der Waals surface area contributed by atoms with Gasteiger partial charge in [-0.25, -0.2) is 8.42 Å². The van der Waals surface area contributed by atoms with E-state index in [1.54, 1.807) is 36.0 Å². The number of hydrogen-bond donors (Lipinski definition) is 1. The molecule has 3 rings (SSSR count). The van der Waals surface area contributed by atoms with Gasteiger partial charge in [-0.3, -0.25) is 9.10 Å². The lowest BCUT2D eigenvalue weighted by Crippen LogP contribution is -2.29. The number of nitrogens with one attached hydrogen (secondary N) is 1. The van der Waals surface area contributed by atoms with Crippen molar-refractivity contribution in [1.29, 1.82) is 0 Å². The van der Waals surface area contributed by atoms with Crippen molar-refractivity contribution < 1.29 is 13.2 Å². The molecule has 0 heterocycles. The normalized spacial score (nSPS) is 11.2. The third kappa shape index (κ3) is 7.81. The SMILES string of the molecule is Cc1ccc(CN(c2ccc(C(=O)NCCSCc3ccc(Cl)cc3)cc2)S(C)(=O)=O)cc1. The Kier molecular flexibility index (Phi) is 8.83. The molecule has 1 amide bonds. The zero-order valence-corrected chi connectivity index (χ0v) is 21.0. The largest absolute Gasteiger partial charge is 0.351 e. The van der Waals surface area contributed by atoms with Crippen molar-refractivity contribution in [1.82, 2.24) is 5.32 Å². The van der Waals surface area contributed by atoms with Crippen LogP contribution in [0.2, 0.25) is 5.02 Å². The van der Waals surface area contributed by atoms with Gasteiger partial charge in [-0.15, -0.1) is 0 Å². The lowest BCUT2D eigenvalue weighted by Gasteiger charge is -2.23. The highest BCUT2D eigenvalue weighted by Crippen LogP contribution is 2.22. The number of carbonyl (C=O) groups is 1.